The molecule has 2 heterocycles. The molecule has 21 heavy (non-hydrogen) atoms. The maximum Gasteiger partial charge on any atom is 0.309 e. The molecule has 0 saturated carbocycles. The van der Waals surface area contributed by atoms with Crippen LogP contribution in [0.4, 0.5) is 4.79 Å². The van der Waals surface area contributed by atoms with Crippen LogP contribution >= 0.6 is 11.8 Å². The lowest BCUT2D eigenvalue weighted by molar-refractivity contribution is -0.139. The quantitative estimate of drug-likeness (QED) is 0.637. The highest BCUT2D eigenvalue weighted by Crippen LogP contribution is 2.17. The molecule has 2 fully saturated rings. The van der Waals surface area contributed by atoms with Crippen molar-refractivity contribution in [2.75, 3.05) is 32.0 Å². The SMILES string of the molecule is O=C(NCCN1C(=O)CSC1=O)C(=O)NCC1CCCO1. The second-order valence-electron chi connectivity index (χ2n) is 4.70. The molecular weight excluding hydrogens is 298 g/mol. The van der Waals surface area contributed by atoms with E-state index in [1.807, 2.05) is 0 Å². The Labute approximate surface area is 125 Å². The molecular formula is C12H17N3O5S. The summed E-state index contributed by atoms with van der Waals surface area (Å²) in [4.78, 5) is 46.7. The fourth-order valence-electron chi connectivity index (χ4n) is 2.05. The minimum Gasteiger partial charge on any atom is -0.376 e. The third kappa shape index (κ3) is 4.43. The van der Waals surface area contributed by atoms with E-state index >= 15 is 0 Å². The first-order valence-corrected chi connectivity index (χ1v) is 7.71. The molecule has 8 nitrogen and oxygen atoms in total. The molecule has 0 bridgehead atoms. The molecule has 2 rings (SSSR count). The van der Waals surface area contributed by atoms with Gasteiger partial charge in [0.25, 0.3) is 5.24 Å². The van der Waals surface area contributed by atoms with Crippen LogP contribution < -0.4 is 10.6 Å². The van der Waals surface area contributed by atoms with Gasteiger partial charge in [-0.15, -0.1) is 0 Å². The monoisotopic (exact) mass is 315 g/mol. The number of ether oxygens (including phenoxy) is 1. The van der Waals surface area contributed by atoms with E-state index in [1.165, 1.54) is 0 Å². The van der Waals surface area contributed by atoms with Crippen LogP contribution in [0.25, 0.3) is 0 Å². The summed E-state index contributed by atoms with van der Waals surface area (Å²) >= 11 is 0.932. The second kappa shape index (κ2) is 7.41. The van der Waals surface area contributed by atoms with Gasteiger partial charge in [-0.25, -0.2) is 0 Å². The Morgan fingerprint density at radius 2 is 2.05 bits per heavy atom. The van der Waals surface area contributed by atoms with E-state index in [2.05, 4.69) is 10.6 Å². The van der Waals surface area contributed by atoms with Gasteiger partial charge in [0.1, 0.15) is 0 Å². The summed E-state index contributed by atoms with van der Waals surface area (Å²) in [5.74, 6) is -1.66. The first kappa shape index (κ1) is 15.8. The molecule has 2 aliphatic rings. The fraction of sp³-hybridized carbons (Fsp3) is 0.667. The highest BCUT2D eigenvalue weighted by atomic mass is 32.2. The summed E-state index contributed by atoms with van der Waals surface area (Å²) < 4.78 is 5.32. The minimum absolute atomic E-state index is 0.0291. The largest absolute Gasteiger partial charge is 0.376 e. The number of nitrogens with one attached hydrogen (secondary N) is 2. The van der Waals surface area contributed by atoms with Crippen LogP contribution in [0.1, 0.15) is 12.8 Å². The van der Waals surface area contributed by atoms with Gasteiger partial charge in [-0.3, -0.25) is 24.1 Å². The van der Waals surface area contributed by atoms with Crippen molar-refractivity contribution in [1.29, 1.82) is 0 Å². The van der Waals surface area contributed by atoms with E-state index < -0.39 is 11.8 Å². The molecule has 1 atom stereocenters. The number of hydrogen-bond donors (Lipinski definition) is 2. The average Bonchev–Trinajstić information content (AvgIpc) is 3.09. The van der Waals surface area contributed by atoms with Crippen molar-refractivity contribution in [2.24, 2.45) is 0 Å². The number of thioether (sulfide) groups is 1. The summed E-state index contributed by atoms with van der Waals surface area (Å²) in [7, 11) is 0. The third-order valence-electron chi connectivity index (χ3n) is 3.18. The number of imide groups is 1. The number of hydrogen-bond acceptors (Lipinski definition) is 6. The lowest BCUT2D eigenvalue weighted by Crippen LogP contribution is -2.45. The van der Waals surface area contributed by atoms with Crippen LogP contribution in [-0.2, 0) is 19.1 Å². The first-order valence-electron chi connectivity index (χ1n) is 6.72. The van der Waals surface area contributed by atoms with Gasteiger partial charge in [0.2, 0.25) is 5.91 Å². The van der Waals surface area contributed by atoms with E-state index in [9.17, 15) is 19.2 Å². The zero-order chi connectivity index (χ0) is 15.2. The molecule has 0 aromatic rings. The second-order valence-corrected chi connectivity index (χ2v) is 5.63. The van der Waals surface area contributed by atoms with Crippen molar-refractivity contribution >= 4 is 34.7 Å². The smallest absolute Gasteiger partial charge is 0.309 e. The predicted octanol–water partition coefficient (Wildman–Crippen LogP) is -0.907. The van der Waals surface area contributed by atoms with Crippen LogP contribution in [0.15, 0.2) is 0 Å². The third-order valence-corrected chi connectivity index (χ3v) is 4.04. The highest BCUT2D eigenvalue weighted by molar-refractivity contribution is 8.14. The van der Waals surface area contributed by atoms with Crippen LogP contribution in [-0.4, -0.2) is 66.0 Å². The van der Waals surface area contributed by atoms with E-state index in [-0.39, 0.29) is 36.1 Å². The molecule has 2 aliphatic heterocycles. The van der Waals surface area contributed by atoms with Crippen LogP contribution in [0.5, 0.6) is 0 Å². The predicted molar refractivity (Wildman–Crippen MR) is 74.6 cm³/mol. The van der Waals surface area contributed by atoms with Crippen molar-refractivity contribution in [1.82, 2.24) is 15.5 Å². The van der Waals surface area contributed by atoms with Gasteiger partial charge in [0.15, 0.2) is 0 Å². The zero-order valence-corrected chi connectivity index (χ0v) is 12.2. The van der Waals surface area contributed by atoms with Crippen molar-refractivity contribution in [3.05, 3.63) is 0 Å². The lowest BCUT2D eigenvalue weighted by Gasteiger charge is -2.13. The summed E-state index contributed by atoms with van der Waals surface area (Å²) in [6, 6.07) is 0. The minimum atomic E-state index is -0.778. The number of rotatable bonds is 5. The zero-order valence-electron chi connectivity index (χ0n) is 11.4. The molecule has 0 aromatic heterocycles. The van der Waals surface area contributed by atoms with Crippen molar-refractivity contribution < 1.29 is 23.9 Å². The molecule has 2 N–H and O–H groups in total. The van der Waals surface area contributed by atoms with E-state index in [0.29, 0.717) is 13.2 Å². The summed E-state index contributed by atoms with van der Waals surface area (Å²) in [5, 5.41) is 4.55. The Morgan fingerprint density at radius 3 is 2.67 bits per heavy atom. The normalized spacial score (nSPS) is 21.7. The van der Waals surface area contributed by atoms with Crippen molar-refractivity contribution in [3.63, 3.8) is 0 Å². The molecule has 4 amide bonds. The van der Waals surface area contributed by atoms with Crippen molar-refractivity contribution in [2.45, 2.75) is 18.9 Å². The number of nitrogens with zero attached hydrogens (tertiary/aromatic N) is 1. The standard InChI is InChI=1S/C12H17N3O5S/c16-9-7-21-12(19)15(9)4-3-13-10(17)11(18)14-6-8-2-1-5-20-8/h8H,1-7H2,(H,13,17)(H,14,18). The van der Waals surface area contributed by atoms with Gasteiger partial charge in [0.05, 0.1) is 11.9 Å². The van der Waals surface area contributed by atoms with Gasteiger partial charge >= 0.3 is 11.8 Å². The van der Waals surface area contributed by atoms with Gasteiger partial charge < -0.3 is 15.4 Å². The molecule has 116 valence electrons. The van der Waals surface area contributed by atoms with Crippen LogP contribution in [0.3, 0.4) is 0 Å². The molecule has 9 heteroatoms. The maximum atomic E-state index is 11.5. The maximum absolute atomic E-state index is 11.5. The number of carbonyl (C=O) groups excluding carboxylic acids is 4. The van der Waals surface area contributed by atoms with Crippen molar-refractivity contribution in [3.8, 4) is 0 Å². The van der Waals surface area contributed by atoms with E-state index in [4.69, 9.17) is 4.74 Å². The Hall–Kier alpha value is -1.61. The van der Waals surface area contributed by atoms with Gasteiger partial charge in [-0.1, -0.05) is 11.8 Å². The van der Waals surface area contributed by atoms with E-state index in [1.54, 1.807) is 0 Å². The Bertz CT molecular complexity index is 434. The molecule has 0 aliphatic carbocycles. The molecule has 0 aromatic carbocycles. The number of amides is 4. The summed E-state index contributed by atoms with van der Waals surface area (Å²) in [6.45, 7) is 1.13. The van der Waals surface area contributed by atoms with Crippen LogP contribution in [0.2, 0.25) is 0 Å². The average molecular weight is 315 g/mol. The topological polar surface area (TPSA) is 105 Å². The molecule has 0 spiro atoms. The van der Waals surface area contributed by atoms with E-state index in [0.717, 1.165) is 29.5 Å². The van der Waals surface area contributed by atoms with Gasteiger partial charge in [-0.2, -0.15) is 0 Å². The Morgan fingerprint density at radius 1 is 1.29 bits per heavy atom. The Kier molecular flexibility index (Phi) is 5.57. The van der Waals surface area contributed by atoms with Gasteiger partial charge in [-0.05, 0) is 12.8 Å². The van der Waals surface area contributed by atoms with Gasteiger partial charge in [0, 0.05) is 26.2 Å². The first-order chi connectivity index (χ1) is 10.1. The van der Waals surface area contributed by atoms with Crippen LogP contribution in [0, 0.1) is 0 Å². The molecule has 2 saturated heterocycles. The lowest BCUT2D eigenvalue weighted by atomic mass is 10.2. The number of carbonyl (C=O) groups is 4. The fourth-order valence-corrected chi connectivity index (χ4v) is 2.80. The summed E-state index contributed by atoms with van der Waals surface area (Å²) in [6.07, 6.45) is 1.81. The molecule has 1 unspecified atom stereocenters. The molecule has 0 radical (unpaired) electrons. The highest BCUT2D eigenvalue weighted by Gasteiger charge is 2.29. The summed E-state index contributed by atoms with van der Waals surface area (Å²) in [5.41, 5.74) is 0. The Balaban J connectivity index is 1.63.